The van der Waals surface area contributed by atoms with Gasteiger partial charge in [0, 0.05) is 11.6 Å². The number of rotatable bonds is 7. The molecule has 102 valence electrons. The fraction of sp³-hybridized carbons (Fsp3) is 0.600. The first-order valence-electron chi connectivity index (χ1n) is 6.52. The first-order chi connectivity index (χ1) is 8.52. The van der Waals surface area contributed by atoms with Gasteiger partial charge in [0.15, 0.2) is 0 Å². The number of hydrogen-bond donors (Lipinski definition) is 1. The van der Waals surface area contributed by atoms with E-state index in [0.717, 1.165) is 11.3 Å². The molecule has 18 heavy (non-hydrogen) atoms. The summed E-state index contributed by atoms with van der Waals surface area (Å²) >= 11 is 0. The molecule has 0 bridgehead atoms. The fourth-order valence-corrected chi connectivity index (χ4v) is 1.41. The predicted octanol–water partition coefficient (Wildman–Crippen LogP) is 3.25. The SMILES string of the molecule is CC(C)COc1ccc(CO)c(OCC(C)C)c1. The van der Waals surface area contributed by atoms with Crippen LogP contribution in [0.15, 0.2) is 18.2 Å². The van der Waals surface area contributed by atoms with Gasteiger partial charge >= 0.3 is 0 Å². The summed E-state index contributed by atoms with van der Waals surface area (Å²) in [5, 5.41) is 9.27. The molecule has 0 saturated carbocycles. The van der Waals surface area contributed by atoms with E-state index < -0.39 is 0 Å². The molecule has 0 aliphatic heterocycles. The molecule has 0 amide bonds. The van der Waals surface area contributed by atoms with Gasteiger partial charge in [-0.05, 0) is 24.0 Å². The van der Waals surface area contributed by atoms with Crippen molar-refractivity contribution in [1.82, 2.24) is 0 Å². The van der Waals surface area contributed by atoms with Gasteiger partial charge in [0.1, 0.15) is 11.5 Å². The summed E-state index contributed by atoms with van der Waals surface area (Å²) in [5.41, 5.74) is 0.799. The molecule has 3 heteroatoms. The molecule has 0 heterocycles. The molecule has 3 nitrogen and oxygen atoms in total. The lowest BCUT2D eigenvalue weighted by Gasteiger charge is -2.14. The maximum absolute atomic E-state index is 9.27. The molecule has 1 aromatic carbocycles. The van der Waals surface area contributed by atoms with Crippen LogP contribution in [0.25, 0.3) is 0 Å². The summed E-state index contributed by atoms with van der Waals surface area (Å²) in [6, 6.07) is 5.58. The van der Waals surface area contributed by atoms with Gasteiger partial charge in [0.25, 0.3) is 0 Å². The number of aliphatic hydroxyl groups is 1. The highest BCUT2D eigenvalue weighted by Crippen LogP contribution is 2.25. The molecule has 0 aliphatic carbocycles. The zero-order valence-corrected chi connectivity index (χ0v) is 11.8. The van der Waals surface area contributed by atoms with Crippen LogP contribution in [0, 0.1) is 11.8 Å². The maximum Gasteiger partial charge on any atom is 0.128 e. The maximum atomic E-state index is 9.27. The van der Waals surface area contributed by atoms with Gasteiger partial charge in [-0.2, -0.15) is 0 Å². The van der Waals surface area contributed by atoms with E-state index >= 15 is 0 Å². The third-order valence-corrected chi connectivity index (χ3v) is 2.36. The predicted molar refractivity (Wildman–Crippen MR) is 73.0 cm³/mol. The third-order valence-electron chi connectivity index (χ3n) is 2.36. The molecule has 0 saturated heterocycles. The van der Waals surface area contributed by atoms with Crippen LogP contribution in [0.3, 0.4) is 0 Å². The van der Waals surface area contributed by atoms with Crippen LogP contribution in [0.4, 0.5) is 0 Å². The van der Waals surface area contributed by atoms with Crippen LogP contribution in [0.2, 0.25) is 0 Å². The molecule has 0 fully saturated rings. The highest BCUT2D eigenvalue weighted by Gasteiger charge is 2.07. The lowest BCUT2D eigenvalue weighted by atomic mass is 10.2. The Labute approximate surface area is 110 Å². The molecule has 0 unspecified atom stereocenters. The number of benzene rings is 1. The van der Waals surface area contributed by atoms with Crippen molar-refractivity contribution in [3.63, 3.8) is 0 Å². The van der Waals surface area contributed by atoms with E-state index in [1.165, 1.54) is 0 Å². The standard InChI is InChI=1S/C15H24O3/c1-11(2)9-17-14-6-5-13(8-16)15(7-14)18-10-12(3)4/h5-7,11-12,16H,8-10H2,1-4H3. The Morgan fingerprint density at radius 1 is 1.00 bits per heavy atom. The smallest absolute Gasteiger partial charge is 0.128 e. The lowest BCUT2D eigenvalue weighted by Crippen LogP contribution is -2.08. The molecule has 1 N–H and O–H groups in total. The quantitative estimate of drug-likeness (QED) is 0.809. The van der Waals surface area contributed by atoms with Crippen molar-refractivity contribution in [3.8, 4) is 11.5 Å². The molecular formula is C15H24O3. The summed E-state index contributed by atoms with van der Waals surface area (Å²) in [6.45, 7) is 9.71. The van der Waals surface area contributed by atoms with E-state index in [-0.39, 0.29) is 6.61 Å². The van der Waals surface area contributed by atoms with Crippen molar-refractivity contribution in [2.75, 3.05) is 13.2 Å². The summed E-state index contributed by atoms with van der Waals surface area (Å²) in [4.78, 5) is 0. The van der Waals surface area contributed by atoms with Gasteiger partial charge in [-0.3, -0.25) is 0 Å². The summed E-state index contributed by atoms with van der Waals surface area (Å²) < 4.78 is 11.3. The van der Waals surface area contributed by atoms with Gasteiger partial charge in [-0.15, -0.1) is 0 Å². The fourth-order valence-electron chi connectivity index (χ4n) is 1.41. The van der Waals surface area contributed by atoms with E-state index in [4.69, 9.17) is 9.47 Å². The Kier molecular flexibility index (Phi) is 5.99. The average Bonchev–Trinajstić information content (AvgIpc) is 2.33. The van der Waals surface area contributed by atoms with Gasteiger partial charge in [-0.25, -0.2) is 0 Å². The molecule has 0 radical (unpaired) electrons. The van der Waals surface area contributed by atoms with E-state index in [0.29, 0.717) is 30.8 Å². The molecule has 0 atom stereocenters. The molecule has 0 aromatic heterocycles. The van der Waals surface area contributed by atoms with Crippen LogP contribution in [0.5, 0.6) is 11.5 Å². The van der Waals surface area contributed by atoms with Crippen molar-refractivity contribution in [2.45, 2.75) is 34.3 Å². The monoisotopic (exact) mass is 252 g/mol. The zero-order valence-electron chi connectivity index (χ0n) is 11.8. The zero-order chi connectivity index (χ0) is 13.5. The molecular weight excluding hydrogens is 228 g/mol. The first kappa shape index (κ1) is 14.8. The van der Waals surface area contributed by atoms with E-state index in [1.807, 2.05) is 18.2 Å². The number of aliphatic hydroxyl groups excluding tert-OH is 1. The van der Waals surface area contributed by atoms with Gasteiger partial charge in [0.2, 0.25) is 0 Å². The molecule has 0 aliphatic rings. The van der Waals surface area contributed by atoms with E-state index in [2.05, 4.69) is 27.7 Å². The van der Waals surface area contributed by atoms with Crippen LogP contribution in [-0.4, -0.2) is 18.3 Å². The highest BCUT2D eigenvalue weighted by molar-refractivity contribution is 5.40. The summed E-state index contributed by atoms with van der Waals surface area (Å²) in [6.07, 6.45) is 0. The Bertz CT molecular complexity index is 359. The van der Waals surface area contributed by atoms with Crippen LogP contribution < -0.4 is 9.47 Å². The second-order valence-corrected chi connectivity index (χ2v) is 5.34. The Morgan fingerprint density at radius 2 is 1.61 bits per heavy atom. The summed E-state index contributed by atoms with van der Waals surface area (Å²) in [5.74, 6) is 2.45. The van der Waals surface area contributed by atoms with Gasteiger partial charge in [-0.1, -0.05) is 27.7 Å². The molecule has 1 aromatic rings. The van der Waals surface area contributed by atoms with Crippen molar-refractivity contribution in [2.24, 2.45) is 11.8 Å². The number of ether oxygens (including phenoxy) is 2. The second-order valence-electron chi connectivity index (χ2n) is 5.34. The Morgan fingerprint density at radius 3 is 2.17 bits per heavy atom. The Balaban J connectivity index is 2.74. The first-order valence-corrected chi connectivity index (χ1v) is 6.52. The van der Waals surface area contributed by atoms with Gasteiger partial charge < -0.3 is 14.6 Å². The van der Waals surface area contributed by atoms with Gasteiger partial charge in [0.05, 0.1) is 19.8 Å². The van der Waals surface area contributed by atoms with E-state index in [9.17, 15) is 5.11 Å². The third kappa shape index (κ3) is 4.96. The number of hydrogen-bond acceptors (Lipinski definition) is 3. The van der Waals surface area contributed by atoms with Crippen LogP contribution >= 0.6 is 0 Å². The normalized spacial score (nSPS) is 11.1. The molecule has 1 rings (SSSR count). The minimum absolute atomic E-state index is 0.0160. The van der Waals surface area contributed by atoms with Crippen molar-refractivity contribution < 1.29 is 14.6 Å². The largest absolute Gasteiger partial charge is 0.493 e. The van der Waals surface area contributed by atoms with E-state index in [1.54, 1.807) is 0 Å². The van der Waals surface area contributed by atoms with Crippen LogP contribution in [0.1, 0.15) is 33.3 Å². The lowest BCUT2D eigenvalue weighted by molar-refractivity contribution is 0.240. The highest BCUT2D eigenvalue weighted by atomic mass is 16.5. The average molecular weight is 252 g/mol. The Hall–Kier alpha value is -1.22. The summed E-state index contributed by atoms with van der Waals surface area (Å²) in [7, 11) is 0. The van der Waals surface area contributed by atoms with Crippen LogP contribution in [-0.2, 0) is 6.61 Å². The van der Waals surface area contributed by atoms with Crippen molar-refractivity contribution in [3.05, 3.63) is 23.8 Å². The minimum atomic E-state index is -0.0160. The topological polar surface area (TPSA) is 38.7 Å². The minimum Gasteiger partial charge on any atom is -0.493 e. The van der Waals surface area contributed by atoms with Crippen molar-refractivity contribution in [1.29, 1.82) is 0 Å². The van der Waals surface area contributed by atoms with Crippen molar-refractivity contribution >= 4 is 0 Å². The molecule has 0 spiro atoms. The second kappa shape index (κ2) is 7.27.